The summed E-state index contributed by atoms with van der Waals surface area (Å²) in [6.07, 6.45) is 0. The van der Waals surface area contributed by atoms with Crippen LogP contribution in [0.25, 0.3) is 33.4 Å². The van der Waals surface area contributed by atoms with Crippen molar-refractivity contribution in [3.8, 4) is 22.5 Å². The van der Waals surface area contributed by atoms with Crippen LogP contribution in [0.5, 0.6) is 0 Å². The quantitative estimate of drug-likeness (QED) is 0.236. The minimum Gasteiger partial charge on any atom is -0.478 e. The summed E-state index contributed by atoms with van der Waals surface area (Å²) in [5.41, 5.74) is 2.23. The van der Waals surface area contributed by atoms with Crippen molar-refractivity contribution in [2.24, 2.45) is 0 Å². The van der Waals surface area contributed by atoms with Crippen LogP contribution < -0.4 is 5.43 Å². The van der Waals surface area contributed by atoms with Gasteiger partial charge in [0.2, 0.25) is 5.43 Å². The fourth-order valence-electron chi connectivity index (χ4n) is 3.14. The zero-order valence-electron chi connectivity index (χ0n) is 13.7. The van der Waals surface area contributed by atoms with Gasteiger partial charge in [-0.05, 0) is 77.6 Å². The zero-order valence-corrected chi connectivity index (χ0v) is 20.1. The Morgan fingerprint density at radius 3 is 2.36 bits per heavy atom. The topological polar surface area (TPSA) is 67.5 Å². The smallest absolute Gasteiger partial charge is 0.336 e. The summed E-state index contributed by atoms with van der Waals surface area (Å²) in [5.74, 6) is -0.691. The first-order chi connectivity index (χ1) is 13.3. The summed E-state index contributed by atoms with van der Waals surface area (Å²) in [6, 6.07) is 12.1. The van der Waals surface area contributed by atoms with Crippen molar-refractivity contribution in [1.82, 2.24) is 0 Å². The Morgan fingerprint density at radius 1 is 0.929 bits per heavy atom. The molecule has 0 fully saturated rings. The van der Waals surface area contributed by atoms with E-state index < -0.39 is 5.97 Å². The molecule has 2 aliphatic rings. The second kappa shape index (κ2) is 7.40. The number of carboxylic acids is 1. The van der Waals surface area contributed by atoms with Gasteiger partial charge in [-0.3, -0.25) is 4.79 Å². The average Bonchev–Trinajstić information content (AvgIpc) is 2.65. The number of carbonyl (C=O) groups is 1. The van der Waals surface area contributed by atoms with Gasteiger partial charge in [-0.25, -0.2) is 4.79 Å². The predicted molar refractivity (Wildman–Crippen MR) is 122 cm³/mol. The Bertz CT molecular complexity index is 1310. The van der Waals surface area contributed by atoms with Gasteiger partial charge in [-0.1, -0.05) is 34.1 Å². The Kier molecular flexibility index (Phi) is 5.24. The lowest BCUT2D eigenvalue weighted by Gasteiger charge is -2.18. The zero-order chi connectivity index (χ0) is 20.2. The monoisotopic (exact) mass is 628 g/mol. The van der Waals surface area contributed by atoms with Gasteiger partial charge in [-0.15, -0.1) is 0 Å². The molecular weight excluding hydrogens is 624 g/mol. The number of benzene rings is 3. The Labute approximate surface area is 192 Å². The summed E-state index contributed by atoms with van der Waals surface area (Å²) in [6.45, 7) is 0. The fourth-order valence-corrected chi connectivity index (χ4v) is 5.65. The standard InChI is InChI=1S/C20H8Br4O4/c21-8-5-11-15(9-3-1-2-4-10(9)20(26)27)12-7-13(22)17(25)16(24)19(12)28-18(11)14(23)6-8/h1-7H,(H,26,27). The van der Waals surface area contributed by atoms with Gasteiger partial charge in [0.25, 0.3) is 0 Å². The van der Waals surface area contributed by atoms with Gasteiger partial charge >= 0.3 is 5.97 Å². The van der Waals surface area contributed by atoms with Crippen molar-refractivity contribution in [1.29, 1.82) is 0 Å². The predicted octanol–water partition coefficient (Wildman–Crippen LogP) is 7.31. The lowest BCUT2D eigenvalue weighted by molar-refractivity contribution is 0.0697. The molecule has 0 radical (unpaired) electrons. The molecular formula is C20H8Br4O4. The van der Waals surface area contributed by atoms with Crippen LogP contribution in [0.2, 0.25) is 0 Å². The number of carboxylic acid groups (broad SMARTS) is 1. The summed E-state index contributed by atoms with van der Waals surface area (Å²) in [7, 11) is 0. The molecule has 28 heavy (non-hydrogen) atoms. The van der Waals surface area contributed by atoms with Crippen molar-refractivity contribution in [3.05, 3.63) is 76.1 Å². The van der Waals surface area contributed by atoms with E-state index in [0.717, 1.165) is 4.47 Å². The van der Waals surface area contributed by atoms with Crippen LogP contribution >= 0.6 is 63.7 Å². The van der Waals surface area contributed by atoms with E-state index in [-0.39, 0.29) is 15.5 Å². The molecule has 0 spiro atoms. The highest BCUT2D eigenvalue weighted by Gasteiger charge is 2.26. The Hall–Kier alpha value is -1.48. The van der Waals surface area contributed by atoms with Crippen LogP contribution in [-0.2, 0) is 0 Å². The number of rotatable bonds is 2. The van der Waals surface area contributed by atoms with Crippen molar-refractivity contribution in [2.75, 3.05) is 0 Å². The molecule has 140 valence electrons. The van der Waals surface area contributed by atoms with Crippen LogP contribution in [0.3, 0.4) is 0 Å². The highest BCUT2D eigenvalue weighted by molar-refractivity contribution is 9.11. The van der Waals surface area contributed by atoms with E-state index in [9.17, 15) is 14.7 Å². The molecule has 1 heterocycles. The number of aromatic carboxylic acids is 1. The molecule has 0 unspecified atom stereocenters. The van der Waals surface area contributed by atoms with Crippen molar-refractivity contribution in [2.45, 2.75) is 0 Å². The second-order valence-electron chi connectivity index (χ2n) is 5.97. The van der Waals surface area contributed by atoms with Crippen molar-refractivity contribution < 1.29 is 14.3 Å². The van der Waals surface area contributed by atoms with Gasteiger partial charge in [0.05, 0.1) is 14.5 Å². The molecule has 4 rings (SSSR count). The first-order valence-electron chi connectivity index (χ1n) is 7.86. The van der Waals surface area contributed by atoms with Gasteiger partial charge in [0.1, 0.15) is 10.1 Å². The first-order valence-corrected chi connectivity index (χ1v) is 11.0. The van der Waals surface area contributed by atoms with Crippen LogP contribution in [0.1, 0.15) is 10.4 Å². The lowest BCUT2D eigenvalue weighted by Crippen LogP contribution is -2.07. The van der Waals surface area contributed by atoms with Crippen LogP contribution in [0, 0.1) is 0 Å². The molecule has 1 aliphatic carbocycles. The lowest BCUT2D eigenvalue weighted by atomic mass is 9.91. The molecule has 0 aromatic heterocycles. The minimum absolute atomic E-state index is 0.158. The van der Waals surface area contributed by atoms with E-state index >= 15 is 0 Å². The molecule has 0 saturated heterocycles. The normalized spacial score (nSPS) is 11.3. The summed E-state index contributed by atoms with van der Waals surface area (Å²) in [5, 5.41) is 10.4. The maximum absolute atomic E-state index is 12.4. The molecule has 2 aromatic rings. The first kappa shape index (κ1) is 19.8. The maximum atomic E-state index is 12.4. The average molecular weight is 632 g/mol. The molecule has 0 saturated carbocycles. The number of fused-ring (bicyclic) bond motifs is 2. The molecule has 0 amide bonds. The van der Waals surface area contributed by atoms with Crippen LogP contribution in [0.4, 0.5) is 0 Å². The summed E-state index contributed by atoms with van der Waals surface area (Å²) < 4.78 is 8.17. The highest BCUT2D eigenvalue weighted by atomic mass is 79.9. The molecule has 1 aliphatic heterocycles. The van der Waals surface area contributed by atoms with E-state index in [2.05, 4.69) is 63.7 Å². The van der Waals surface area contributed by atoms with E-state index in [1.807, 2.05) is 12.1 Å². The molecule has 0 bridgehead atoms. The van der Waals surface area contributed by atoms with Gasteiger partial charge in [-0.2, -0.15) is 0 Å². The summed E-state index contributed by atoms with van der Waals surface area (Å²) in [4.78, 5) is 24.3. The molecule has 1 N–H and O–H groups in total. The van der Waals surface area contributed by atoms with Crippen LogP contribution in [0.15, 0.2) is 69.6 Å². The summed E-state index contributed by atoms with van der Waals surface area (Å²) >= 11 is 13.6. The van der Waals surface area contributed by atoms with E-state index in [4.69, 9.17) is 4.42 Å². The third-order valence-corrected chi connectivity index (χ3v) is 6.67. The van der Waals surface area contributed by atoms with Gasteiger partial charge in [0, 0.05) is 21.0 Å². The van der Waals surface area contributed by atoms with Crippen LogP contribution in [-0.4, -0.2) is 11.1 Å². The minimum atomic E-state index is -1.04. The fraction of sp³-hybridized carbons (Fsp3) is 0. The SMILES string of the molecule is O=C(O)c1ccccc1-c1c2cc(Br)c(=O)c(Br)c-2oc2c(Br)cc(Br)cc12. The third-order valence-electron chi connectivity index (χ3n) is 4.31. The largest absolute Gasteiger partial charge is 0.478 e. The number of hydrogen-bond acceptors (Lipinski definition) is 3. The maximum Gasteiger partial charge on any atom is 0.336 e. The molecule has 8 heteroatoms. The Balaban J connectivity index is 2.32. The molecule has 2 aromatic carbocycles. The number of halogens is 4. The van der Waals surface area contributed by atoms with E-state index in [1.54, 1.807) is 30.3 Å². The van der Waals surface area contributed by atoms with Gasteiger partial charge in [0.15, 0.2) is 5.76 Å². The van der Waals surface area contributed by atoms with Crippen molar-refractivity contribution in [3.63, 3.8) is 0 Å². The third kappa shape index (κ3) is 3.16. The highest BCUT2D eigenvalue weighted by Crippen LogP contribution is 2.46. The van der Waals surface area contributed by atoms with Gasteiger partial charge < -0.3 is 9.52 Å². The Morgan fingerprint density at radius 2 is 1.64 bits per heavy atom. The number of hydrogen-bond donors (Lipinski definition) is 1. The van der Waals surface area contributed by atoms with E-state index in [0.29, 0.717) is 42.4 Å². The van der Waals surface area contributed by atoms with E-state index in [1.165, 1.54) is 0 Å². The molecule has 4 nitrogen and oxygen atoms in total. The van der Waals surface area contributed by atoms with Crippen molar-refractivity contribution >= 4 is 80.7 Å². The molecule has 0 atom stereocenters. The second-order valence-corrected chi connectivity index (χ2v) is 9.39.